The molecule has 24 heavy (non-hydrogen) atoms. The molecule has 7 nitrogen and oxygen atoms in total. The SMILES string of the molecule is CC(=O)c1c(C)[nH]c(C(=O)NNC(=O)c2cc(Cl)ccc2O)c1C. The van der Waals surface area contributed by atoms with E-state index in [9.17, 15) is 19.5 Å². The number of phenols is 1. The van der Waals surface area contributed by atoms with E-state index in [4.69, 9.17) is 11.6 Å². The number of amides is 2. The van der Waals surface area contributed by atoms with Gasteiger partial charge in [0.1, 0.15) is 11.4 Å². The minimum atomic E-state index is -0.726. The molecule has 0 radical (unpaired) electrons. The number of halogens is 1. The van der Waals surface area contributed by atoms with Crippen molar-refractivity contribution in [1.82, 2.24) is 15.8 Å². The summed E-state index contributed by atoms with van der Waals surface area (Å²) >= 11 is 5.77. The number of nitrogens with one attached hydrogen (secondary N) is 3. The van der Waals surface area contributed by atoms with E-state index in [0.717, 1.165) is 0 Å². The maximum Gasteiger partial charge on any atom is 0.286 e. The van der Waals surface area contributed by atoms with Crippen LogP contribution in [0.5, 0.6) is 5.75 Å². The van der Waals surface area contributed by atoms with Gasteiger partial charge >= 0.3 is 0 Å². The van der Waals surface area contributed by atoms with Gasteiger partial charge in [-0.2, -0.15) is 0 Å². The number of hydrazine groups is 1. The van der Waals surface area contributed by atoms with Crippen LogP contribution in [0.1, 0.15) is 49.4 Å². The van der Waals surface area contributed by atoms with Crippen LogP contribution >= 0.6 is 11.6 Å². The van der Waals surface area contributed by atoms with Gasteiger partial charge in [0, 0.05) is 16.3 Å². The Kier molecular flexibility index (Phi) is 4.94. The van der Waals surface area contributed by atoms with Crippen LogP contribution in [0, 0.1) is 13.8 Å². The van der Waals surface area contributed by atoms with E-state index in [1.54, 1.807) is 13.8 Å². The van der Waals surface area contributed by atoms with Crippen molar-refractivity contribution in [3.8, 4) is 5.75 Å². The maximum absolute atomic E-state index is 12.2. The topological polar surface area (TPSA) is 111 Å². The molecule has 2 rings (SSSR count). The molecule has 1 aromatic heterocycles. The number of benzene rings is 1. The average Bonchev–Trinajstić information content (AvgIpc) is 2.81. The lowest BCUT2D eigenvalue weighted by Crippen LogP contribution is -2.42. The normalized spacial score (nSPS) is 10.3. The van der Waals surface area contributed by atoms with Gasteiger partial charge in [-0.15, -0.1) is 0 Å². The fourth-order valence-electron chi connectivity index (χ4n) is 2.44. The molecule has 2 aromatic rings. The van der Waals surface area contributed by atoms with E-state index in [2.05, 4.69) is 15.8 Å². The number of Topliss-reactive ketones (excluding diaryl/α,β-unsaturated/α-hetero) is 1. The van der Waals surface area contributed by atoms with Crippen LogP contribution in [-0.4, -0.2) is 27.7 Å². The molecule has 0 bridgehead atoms. The smallest absolute Gasteiger partial charge is 0.286 e. The summed E-state index contributed by atoms with van der Waals surface area (Å²) in [6, 6.07) is 3.98. The van der Waals surface area contributed by atoms with E-state index < -0.39 is 11.8 Å². The Labute approximate surface area is 143 Å². The van der Waals surface area contributed by atoms with Crippen LogP contribution in [0.2, 0.25) is 5.02 Å². The van der Waals surface area contributed by atoms with Crippen LogP contribution in [0.25, 0.3) is 0 Å². The number of carbonyl (C=O) groups is 3. The highest BCUT2D eigenvalue weighted by molar-refractivity contribution is 6.31. The molecule has 1 heterocycles. The summed E-state index contributed by atoms with van der Waals surface area (Å²) in [6.45, 7) is 4.73. The van der Waals surface area contributed by atoms with Gasteiger partial charge in [0.15, 0.2) is 5.78 Å². The van der Waals surface area contributed by atoms with Crippen molar-refractivity contribution in [1.29, 1.82) is 0 Å². The summed E-state index contributed by atoms with van der Waals surface area (Å²) < 4.78 is 0. The molecule has 0 saturated carbocycles. The van der Waals surface area contributed by atoms with Gasteiger partial charge in [-0.25, -0.2) is 0 Å². The first-order valence-electron chi connectivity index (χ1n) is 7.01. The standard InChI is InChI=1S/C16H16ClN3O4/c1-7-13(9(3)21)8(2)18-14(7)16(24)20-19-15(23)11-6-10(17)4-5-12(11)22/h4-6,18,22H,1-3H3,(H,19,23)(H,20,24). The Morgan fingerprint density at radius 2 is 1.75 bits per heavy atom. The van der Waals surface area contributed by atoms with Crippen molar-refractivity contribution in [2.24, 2.45) is 0 Å². The number of aryl methyl sites for hydroxylation is 1. The number of aromatic amines is 1. The van der Waals surface area contributed by atoms with E-state index >= 15 is 0 Å². The number of hydrogen-bond donors (Lipinski definition) is 4. The first kappa shape index (κ1) is 17.6. The van der Waals surface area contributed by atoms with E-state index in [1.807, 2.05) is 0 Å². The highest BCUT2D eigenvalue weighted by Crippen LogP contribution is 2.21. The van der Waals surface area contributed by atoms with Crippen LogP contribution in [0.4, 0.5) is 0 Å². The first-order chi connectivity index (χ1) is 11.2. The molecule has 0 aliphatic rings. The molecule has 8 heteroatoms. The molecule has 1 aromatic carbocycles. The van der Waals surface area contributed by atoms with Crippen LogP contribution in [0.3, 0.4) is 0 Å². The molecule has 0 aliphatic heterocycles. The van der Waals surface area contributed by atoms with Gasteiger partial charge in [0.05, 0.1) is 5.56 Å². The van der Waals surface area contributed by atoms with Crippen molar-refractivity contribution >= 4 is 29.2 Å². The number of rotatable bonds is 3. The van der Waals surface area contributed by atoms with Crippen LogP contribution < -0.4 is 10.9 Å². The fourth-order valence-corrected chi connectivity index (χ4v) is 2.61. The van der Waals surface area contributed by atoms with Gasteiger partial charge in [0.2, 0.25) is 0 Å². The number of phenolic OH excluding ortho intramolecular Hbond substituents is 1. The molecule has 126 valence electrons. The Bertz CT molecular complexity index is 842. The lowest BCUT2D eigenvalue weighted by atomic mass is 10.1. The summed E-state index contributed by atoms with van der Waals surface area (Å²) in [6.07, 6.45) is 0. The zero-order valence-electron chi connectivity index (χ0n) is 13.3. The quantitative estimate of drug-likeness (QED) is 0.503. The molecule has 2 amide bonds. The predicted molar refractivity (Wildman–Crippen MR) is 88.3 cm³/mol. The summed E-state index contributed by atoms with van der Waals surface area (Å²) in [4.78, 5) is 38.6. The van der Waals surface area contributed by atoms with Crippen molar-refractivity contribution < 1.29 is 19.5 Å². The first-order valence-corrected chi connectivity index (χ1v) is 7.39. The van der Waals surface area contributed by atoms with Crippen molar-refractivity contribution in [3.05, 3.63) is 51.3 Å². The lowest BCUT2D eigenvalue weighted by Gasteiger charge is -2.08. The van der Waals surface area contributed by atoms with Crippen LogP contribution in [-0.2, 0) is 0 Å². The summed E-state index contributed by atoms with van der Waals surface area (Å²) in [5.74, 6) is -1.76. The second-order valence-electron chi connectivity index (χ2n) is 5.25. The molecule has 0 spiro atoms. The monoisotopic (exact) mass is 349 g/mol. The Morgan fingerprint density at radius 1 is 1.12 bits per heavy atom. The number of ketones is 1. The zero-order valence-corrected chi connectivity index (χ0v) is 14.0. The Balaban J connectivity index is 2.14. The summed E-state index contributed by atoms with van der Waals surface area (Å²) in [7, 11) is 0. The lowest BCUT2D eigenvalue weighted by molar-refractivity contribution is 0.0842. The maximum atomic E-state index is 12.2. The number of aromatic nitrogens is 1. The second kappa shape index (κ2) is 6.76. The highest BCUT2D eigenvalue weighted by atomic mass is 35.5. The number of H-pyrrole nitrogens is 1. The van der Waals surface area contributed by atoms with Crippen molar-refractivity contribution in [2.75, 3.05) is 0 Å². The molecule has 0 atom stereocenters. The largest absolute Gasteiger partial charge is 0.507 e. The predicted octanol–water partition coefficient (Wildman–Crippen LogP) is 2.27. The summed E-state index contributed by atoms with van der Waals surface area (Å²) in [5, 5.41) is 9.93. The van der Waals surface area contributed by atoms with E-state index in [-0.39, 0.29) is 27.8 Å². The average molecular weight is 350 g/mol. The number of aromatic hydroxyl groups is 1. The van der Waals surface area contributed by atoms with Gasteiger partial charge in [0.25, 0.3) is 11.8 Å². The van der Waals surface area contributed by atoms with Gasteiger partial charge in [-0.3, -0.25) is 25.2 Å². The number of carbonyl (C=O) groups excluding carboxylic acids is 3. The Morgan fingerprint density at radius 3 is 2.33 bits per heavy atom. The van der Waals surface area contributed by atoms with Gasteiger partial charge in [-0.05, 0) is 44.5 Å². The minimum Gasteiger partial charge on any atom is -0.507 e. The van der Waals surface area contributed by atoms with Gasteiger partial charge in [-0.1, -0.05) is 11.6 Å². The highest BCUT2D eigenvalue weighted by Gasteiger charge is 2.20. The molecule has 4 N–H and O–H groups in total. The third-order valence-electron chi connectivity index (χ3n) is 3.51. The van der Waals surface area contributed by atoms with Gasteiger partial charge < -0.3 is 10.1 Å². The molecule has 0 saturated heterocycles. The third kappa shape index (κ3) is 3.41. The van der Waals surface area contributed by atoms with E-state index in [1.165, 1.54) is 25.1 Å². The summed E-state index contributed by atoms with van der Waals surface area (Å²) in [5.41, 5.74) is 6.03. The zero-order chi connectivity index (χ0) is 18.0. The van der Waals surface area contributed by atoms with Crippen molar-refractivity contribution in [3.63, 3.8) is 0 Å². The third-order valence-corrected chi connectivity index (χ3v) is 3.74. The number of hydrogen-bond acceptors (Lipinski definition) is 4. The molecule has 0 aliphatic carbocycles. The Hall–Kier alpha value is -2.80. The second-order valence-corrected chi connectivity index (χ2v) is 5.69. The van der Waals surface area contributed by atoms with E-state index in [0.29, 0.717) is 16.8 Å². The van der Waals surface area contributed by atoms with Crippen molar-refractivity contribution in [2.45, 2.75) is 20.8 Å². The molecular formula is C16H16ClN3O4. The molecule has 0 unspecified atom stereocenters. The van der Waals surface area contributed by atoms with Crippen LogP contribution in [0.15, 0.2) is 18.2 Å². The molecule has 0 fully saturated rings. The molecular weight excluding hydrogens is 334 g/mol. The minimum absolute atomic E-state index is 0.0772. The fraction of sp³-hybridized carbons (Fsp3) is 0.188.